The summed E-state index contributed by atoms with van der Waals surface area (Å²) in [6, 6.07) is 44.4. The number of anilines is 12. The summed E-state index contributed by atoms with van der Waals surface area (Å²) in [5, 5.41) is 18.3. The number of aromatic nitrogens is 6. The van der Waals surface area contributed by atoms with Crippen LogP contribution in [-0.2, 0) is 20.2 Å². The average Bonchev–Trinajstić information content (AvgIpc) is 3.27. The molecule has 2 aromatic heterocycles. The number of nitrogens with one attached hydrogen (secondary N) is 6. The first-order chi connectivity index (χ1) is 30.9. The normalized spacial score (nSPS) is 11.1. The molecule has 0 unspecified atom stereocenters. The fourth-order valence-electron chi connectivity index (χ4n) is 6.06. The molecular weight excluding hydrogens is 903 g/mol. The molecule has 0 atom stereocenters. The smallest absolute Gasteiger partial charge is 0.744 e. The minimum Gasteiger partial charge on any atom is -0.744 e. The first-order valence-electron chi connectivity index (χ1n) is 19.1. The Labute approximate surface area is 424 Å². The number of benzene rings is 6. The molecule has 6 aromatic carbocycles. The quantitative estimate of drug-likeness (QED) is 0.0462. The van der Waals surface area contributed by atoms with Crippen LogP contribution in [0.15, 0.2) is 168 Å². The molecule has 0 saturated heterocycles. The molecule has 6 N–H and O–H groups in total. The Kier molecular flexibility index (Phi) is 16.6. The summed E-state index contributed by atoms with van der Waals surface area (Å²) >= 11 is 0. The molecule has 0 fully saturated rings. The number of hydrogen-bond acceptors (Lipinski definition) is 18. The minimum absolute atomic E-state index is 0. The van der Waals surface area contributed by atoms with E-state index in [1.807, 2.05) is 121 Å². The fraction of sp³-hybridized carbons (Fsp3) is 0. The van der Waals surface area contributed by atoms with E-state index in [4.69, 9.17) is 0 Å². The van der Waals surface area contributed by atoms with Crippen LogP contribution >= 0.6 is 0 Å². The molecule has 18 nitrogen and oxygen atoms in total. The molecule has 0 saturated carbocycles. The molecule has 0 amide bonds. The molecule has 0 radical (unpaired) electrons. The zero-order valence-corrected chi connectivity index (χ0v) is 40.7. The van der Waals surface area contributed by atoms with Gasteiger partial charge in [-0.05, 0) is 83.9 Å². The van der Waals surface area contributed by atoms with Gasteiger partial charge in [0.05, 0.1) is 9.79 Å². The van der Waals surface area contributed by atoms with Gasteiger partial charge in [0.25, 0.3) is 0 Å². The van der Waals surface area contributed by atoms with Crippen molar-refractivity contribution in [3.8, 4) is 0 Å². The van der Waals surface area contributed by atoms with Crippen molar-refractivity contribution in [3.05, 3.63) is 169 Å². The summed E-state index contributed by atoms with van der Waals surface area (Å²) in [5.74, 6) is 0.650. The minimum atomic E-state index is -5.12. The standard InChI is InChI=1S/C44H36N12O6S2.2Na/c57-63(58,59)37-27-35(49-43-53-39(45-31-13-5-1-6-14-31)51-40(54-43)46-32-15-7-2-8-16-32)25-23-29(37)21-22-30-24-26-36(28-38(30)64(60,61)62)50-44-55-41(47-33-17-9-3-10-18-33)52-42(56-44)48-34-19-11-4-12-20-34;;/h1-28H,(H,57,58,59)(H,60,61,62)(H3,45,46,49,51,53,54)(H3,47,48,50,52,55,56);;/q;2*+1/p-2/b22-21+;;. The van der Waals surface area contributed by atoms with Crippen LogP contribution in [0, 0.1) is 0 Å². The molecule has 0 spiro atoms. The molecule has 0 aliphatic carbocycles. The van der Waals surface area contributed by atoms with Crippen LogP contribution in [0.1, 0.15) is 11.1 Å². The maximum atomic E-state index is 12.6. The Morgan fingerprint density at radius 3 is 0.788 bits per heavy atom. The molecule has 66 heavy (non-hydrogen) atoms. The van der Waals surface area contributed by atoms with Gasteiger partial charge in [-0.1, -0.05) is 97.1 Å². The molecular formula is C44H34N12Na2O6S2. The molecule has 0 aliphatic rings. The zero-order chi connectivity index (χ0) is 44.5. The molecule has 0 bridgehead atoms. The van der Waals surface area contributed by atoms with Crippen LogP contribution in [-0.4, -0.2) is 55.8 Å². The van der Waals surface area contributed by atoms with E-state index >= 15 is 0 Å². The van der Waals surface area contributed by atoms with Gasteiger partial charge in [0.2, 0.25) is 35.7 Å². The van der Waals surface area contributed by atoms with Gasteiger partial charge in [0.1, 0.15) is 20.2 Å². The maximum Gasteiger partial charge on any atom is 1.00 e. The van der Waals surface area contributed by atoms with E-state index in [1.165, 1.54) is 36.4 Å². The first kappa shape index (κ1) is 49.1. The van der Waals surface area contributed by atoms with Crippen molar-refractivity contribution in [2.45, 2.75) is 9.79 Å². The Morgan fingerprint density at radius 1 is 0.333 bits per heavy atom. The van der Waals surface area contributed by atoms with Crippen molar-refractivity contribution in [2.24, 2.45) is 0 Å². The topological polar surface area (TPSA) is 264 Å². The van der Waals surface area contributed by atoms with Gasteiger partial charge in [-0.25, -0.2) is 16.8 Å². The van der Waals surface area contributed by atoms with Crippen molar-refractivity contribution < 1.29 is 85.1 Å². The summed E-state index contributed by atoms with van der Waals surface area (Å²) in [6.07, 6.45) is 2.43. The van der Waals surface area contributed by atoms with E-state index in [0.29, 0.717) is 22.7 Å². The van der Waals surface area contributed by atoms with Crippen molar-refractivity contribution in [1.82, 2.24) is 29.9 Å². The number of rotatable bonds is 16. The fourth-order valence-corrected chi connectivity index (χ4v) is 7.45. The van der Waals surface area contributed by atoms with Gasteiger partial charge in [0, 0.05) is 34.1 Å². The predicted octanol–water partition coefficient (Wildman–Crippen LogP) is 2.50. The zero-order valence-electron chi connectivity index (χ0n) is 35.1. The number of nitrogens with zero attached hydrogens (tertiary/aromatic N) is 6. The average molecular weight is 937 g/mol. The Balaban J connectivity index is 0.00000360. The monoisotopic (exact) mass is 936 g/mol. The molecule has 320 valence electrons. The maximum absolute atomic E-state index is 12.6. The Morgan fingerprint density at radius 2 is 0.561 bits per heavy atom. The van der Waals surface area contributed by atoms with Gasteiger partial charge >= 0.3 is 59.1 Å². The van der Waals surface area contributed by atoms with Crippen molar-refractivity contribution in [2.75, 3.05) is 31.9 Å². The SMILES string of the molecule is O=S(=O)([O-])c1cc(Nc2nc(Nc3ccccc3)nc(Nc3ccccc3)n2)ccc1/C=C/c1ccc(Nc2nc(Nc3ccccc3)nc(Nc3ccccc3)n2)cc1S(=O)(=O)[O-].[Na+].[Na+]. The molecule has 0 aliphatic heterocycles. The summed E-state index contributed by atoms with van der Waals surface area (Å²) < 4.78 is 75.7. The van der Waals surface area contributed by atoms with Gasteiger partial charge < -0.3 is 41.0 Å². The van der Waals surface area contributed by atoms with Gasteiger partial charge in [-0.3, -0.25) is 0 Å². The summed E-state index contributed by atoms with van der Waals surface area (Å²) in [5.41, 5.74) is 2.86. The molecule has 8 rings (SSSR count). The van der Waals surface area contributed by atoms with Gasteiger partial charge in [-0.2, -0.15) is 29.9 Å². The van der Waals surface area contributed by atoms with Crippen LogP contribution in [0.3, 0.4) is 0 Å². The second kappa shape index (κ2) is 22.3. The third kappa shape index (κ3) is 13.6. The molecule has 2 heterocycles. The number of para-hydroxylation sites is 4. The van der Waals surface area contributed by atoms with E-state index in [0.717, 1.165) is 12.1 Å². The van der Waals surface area contributed by atoms with Crippen LogP contribution in [0.25, 0.3) is 12.2 Å². The van der Waals surface area contributed by atoms with Crippen molar-refractivity contribution in [1.29, 1.82) is 0 Å². The van der Waals surface area contributed by atoms with E-state index in [1.54, 1.807) is 0 Å². The summed E-state index contributed by atoms with van der Waals surface area (Å²) in [6.45, 7) is 0. The van der Waals surface area contributed by atoms with E-state index in [-0.39, 0.29) is 117 Å². The van der Waals surface area contributed by atoms with Crippen LogP contribution < -0.4 is 91.0 Å². The van der Waals surface area contributed by atoms with Crippen LogP contribution in [0.4, 0.5) is 69.8 Å². The Hall–Kier alpha value is -6.30. The van der Waals surface area contributed by atoms with Crippen molar-refractivity contribution >= 4 is 102 Å². The van der Waals surface area contributed by atoms with Gasteiger partial charge in [-0.15, -0.1) is 0 Å². The second-order valence-corrected chi connectivity index (χ2v) is 16.3. The van der Waals surface area contributed by atoms with Crippen molar-refractivity contribution in [3.63, 3.8) is 0 Å². The first-order valence-corrected chi connectivity index (χ1v) is 21.9. The largest absolute Gasteiger partial charge is 1.00 e. The van der Waals surface area contributed by atoms with E-state index < -0.39 is 30.0 Å². The molecule has 22 heteroatoms. The second-order valence-electron chi connectivity index (χ2n) is 13.6. The third-order valence-electron chi connectivity index (χ3n) is 8.91. The van der Waals surface area contributed by atoms with Gasteiger partial charge in [0.15, 0.2) is 0 Å². The Bertz CT molecular complexity index is 2850. The number of hydrogen-bond donors (Lipinski definition) is 6. The van der Waals surface area contributed by atoms with E-state index in [9.17, 15) is 25.9 Å². The molecule has 8 aromatic rings. The van der Waals surface area contributed by atoms with E-state index in [2.05, 4.69) is 61.8 Å². The predicted molar refractivity (Wildman–Crippen MR) is 243 cm³/mol. The summed E-state index contributed by atoms with van der Waals surface area (Å²) in [7, 11) is -10.2. The third-order valence-corrected chi connectivity index (χ3v) is 10.7. The summed E-state index contributed by atoms with van der Waals surface area (Å²) in [4.78, 5) is 25.3. The van der Waals surface area contributed by atoms with Crippen LogP contribution in [0.2, 0.25) is 0 Å². The van der Waals surface area contributed by atoms with Crippen LogP contribution in [0.5, 0.6) is 0 Å².